The fourth-order valence-electron chi connectivity index (χ4n) is 1.82. The Kier molecular flexibility index (Phi) is 4.96. The highest BCUT2D eigenvalue weighted by atomic mass is 32.1. The van der Waals surface area contributed by atoms with Crippen molar-refractivity contribution in [2.24, 2.45) is 0 Å². The molecule has 0 saturated heterocycles. The summed E-state index contributed by atoms with van der Waals surface area (Å²) in [6.45, 7) is 3.35. The van der Waals surface area contributed by atoms with E-state index in [1.807, 2.05) is 59.7 Å². The van der Waals surface area contributed by atoms with E-state index in [4.69, 9.17) is 5.73 Å². The number of rotatable bonds is 5. The van der Waals surface area contributed by atoms with Gasteiger partial charge in [0.25, 0.3) is 0 Å². The van der Waals surface area contributed by atoms with Crippen molar-refractivity contribution in [1.29, 1.82) is 0 Å². The van der Waals surface area contributed by atoms with Crippen LogP contribution < -0.4 is 5.73 Å². The lowest BCUT2D eigenvalue weighted by Crippen LogP contribution is -2.28. The average molecular weight is 286 g/mol. The lowest BCUT2D eigenvalue weighted by molar-refractivity contribution is -0.126. The van der Waals surface area contributed by atoms with Crippen LogP contribution in [-0.2, 0) is 11.3 Å². The van der Waals surface area contributed by atoms with Crippen LogP contribution >= 0.6 is 11.3 Å². The molecular weight excluding hydrogens is 268 g/mol. The summed E-state index contributed by atoms with van der Waals surface area (Å²) < 4.78 is 0. The molecule has 0 radical (unpaired) electrons. The van der Waals surface area contributed by atoms with Gasteiger partial charge in [0.1, 0.15) is 0 Å². The van der Waals surface area contributed by atoms with E-state index >= 15 is 0 Å². The number of hydrogen-bond donors (Lipinski definition) is 1. The van der Waals surface area contributed by atoms with Gasteiger partial charge in [0.15, 0.2) is 0 Å². The van der Waals surface area contributed by atoms with Crippen LogP contribution in [-0.4, -0.2) is 17.4 Å². The third kappa shape index (κ3) is 3.96. The summed E-state index contributed by atoms with van der Waals surface area (Å²) in [5.41, 5.74) is 7.33. The molecule has 0 bridgehead atoms. The Balaban J connectivity index is 2.00. The van der Waals surface area contributed by atoms with Crippen LogP contribution in [0.25, 0.3) is 6.08 Å². The summed E-state index contributed by atoms with van der Waals surface area (Å²) in [6, 6.07) is 11.5. The van der Waals surface area contributed by atoms with Gasteiger partial charge in [0.2, 0.25) is 5.91 Å². The first-order valence-corrected chi connectivity index (χ1v) is 7.42. The normalized spacial score (nSPS) is 10.8. The Morgan fingerprint density at radius 1 is 1.30 bits per heavy atom. The van der Waals surface area contributed by atoms with E-state index < -0.39 is 0 Å². The van der Waals surface area contributed by atoms with Gasteiger partial charge in [0.05, 0.1) is 6.54 Å². The first-order chi connectivity index (χ1) is 9.69. The van der Waals surface area contributed by atoms with Crippen molar-refractivity contribution in [3.05, 3.63) is 58.3 Å². The molecule has 0 spiro atoms. The number of nitrogens with two attached hydrogens (primary N) is 1. The summed E-state index contributed by atoms with van der Waals surface area (Å²) >= 11 is 1.67. The highest BCUT2D eigenvalue weighted by Crippen LogP contribution is 2.13. The van der Waals surface area contributed by atoms with Crippen molar-refractivity contribution in [3.63, 3.8) is 0 Å². The van der Waals surface area contributed by atoms with Gasteiger partial charge in [-0.05, 0) is 42.1 Å². The number of amides is 1. The zero-order valence-electron chi connectivity index (χ0n) is 11.5. The number of hydrogen-bond acceptors (Lipinski definition) is 3. The number of benzene rings is 1. The number of likely N-dealkylation sites (N-methyl/N-ethyl adjacent to an activating group) is 1. The van der Waals surface area contributed by atoms with Crippen LogP contribution in [0, 0.1) is 0 Å². The first kappa shape index (κ1) is 14.3. The highest BCUT2D eigenvalue weighted by molar-refractivity contribution is 7.09. The van der Waals surface area contributed by atoms with Gasteiger partial charge in [-0.15, -0.1) is 11.3 Å². The quantitative estimate of drug-likeness (QED) is 0.676. The summed E-state index contributed by atoms with van der Waals surface area (Å²) in [7, 11) is 0. The van der Waals surface area contributed by atoms with Gasteiger partial charge in [0, 0.05) is 23.2 Å². The fourth-order valence-corrected chi connectivity index (χ4v) is 2.54. The number of nitrogen functional groups attached to an aromatic ring is 1. The molecule has 0 saturated carbocycles. The third-order valence-corrected chi connectivity index (χ3v) is 3.84. The van der Waals surface area contributed by atoms with Crippen molar-refractivity contribution in [1.82, 2.24) is 4.90 Å². The van der Waals surface area contributed by atoms with Crippen molar-refractivity contribution < 1.29 is 4.79 Å². The largest absolute Gasteiger partial charge is 0.399 e. The maximum atomic E-state index is 12.2. The highest BCUT2D eigenvalue weighted by Gasteiger charge is 2.09. The second-order valence-electron chi connectivity index (χ2n) is 4.43. The molecule has 3 nitrogen and oxygen atoms in total. The molecule has 0 aliphatic heterocycles. The Labute approximate surface area is 123 Å². The van der Waals surface area contributed by atoms with E-state index in [0.717, 1.165) is 11.3 Å². The SMILES string of the molecule is CCN(Cc1cccs1)C(=O)/C=C/c1ccc(N)cc1. The predicted molar refractivity (Wildman–Crippen MR) is 85.3 cm³/mol. The van der Waals surface area contributed by atoms with Gasteiger partial charge in [-0.3, -0.25) is 4.79 Å². The summed E-state index contributed by atoms with van der Waals surface area (Å²) in [5.74, 6) is 0.0257. The smallest absolute Gasteiger partial charge is 0.246 e. The summed E-state index contributed by atoms with van der Waals surface area (Å²) in [4.78, 5) is 15.2. The van der Waals surface area contributed by atoms with Gasteiger partial charge >= 0.3 is 0 Å². The molecule has 104 valence electrons. The second-order valence-corrected chi connectivity index (χ2v) is 5.46. The van der Waals surface area contributed by atoms with Crippen LogP contribution in [0.5, 0.6) is 0 Å². The second kappa shape index (κ2) is 6.91. The van der Waals surface area contributed by atoms with Gasteiger partial charge < -0.3 is 10.6 Å². The molecule has 0 aliphatic rings. The van der Waals surface area contributed by atoms with E-state index in [2.05, 4.69) is 0 Å². The number of anilines is 1. The lowest BCUT2D eigenvalue weighted by atomic mass is 10.2. The minimum absolute atomic E-state index is 0.0257. The molecule has 2 rings (SSSR count). The van der Waals surface area contributed by atoms with Crippen molar-refractivity contribution >= 4 is 29.0 Å². The molecule has 1 aromatic heterocycles. The Bertz CT molecular complexity index is 573. The summed E-state index contributed by atoms with van der Waals surface area (Å²) in [5, 5.41) is 2.03. The molecule has 0 atom stereocenters. The third-order valence-electron chi connectivity index (χ3n) is 2.98. The van der Waals surface area contributed by atoms with Crippen molar-refractivity contribution in [2.75, 3.05) is 12.3 Å². The molecule has 1 amide bonds. The van der Waals surface area contributed by atoms with Crippen LogP contribution in [0.3, 0.4) is 0 Å². The molecule has 2 N–H and O–H groups in total. The molecule has 1 aromatic carbocycles. The average Bonchev–Trinajstić information content (AvgIpc) is 2.97. The topological polar surface area (TPSA) is 46.3 Å². The monoisotopic (exact) mass is 286 g/mol. The molecule has 20 heavy (non-hydrogen) atoms. The number of carbonyl (C=O) groups is 1. The zero-order chi connectivity index (χ0) is 14.4. The number of carbonyl (C=O) groups excluding carboxylic acids is 1. The van der Waals surface area contributed by atoms with Crippen molar-refractivity contribution in [3.8, 4) is 0 Å². The molecule has 4 heteroatoms. The molecule has 0 unspecified atom stereocenters. The van der Waals surface area contributed by atoms with Gasteiger partial charge in [-0.1, -0.05) is 18.2 Å². The lowest BCUT2D eigenvalue weighted by Gasteiger charge is -2.18. The van der Waals surface area contributed by atoms with Crippen molar-refractivity contribution in [2.45, 2.75) is 13.5 Å². The number of thiophene rings is 1. The minimum Gasteiger partial charge on any atom is -0.399 e. The predicted octanol–water partition coefficient (Wildman–Crippen LogP) is 3.39. The van der Waals surface area contributed by atoms with E-state index in [-0.39, 0.29) is 5.91 Å². The Morgan fingerprint density at radius 2 is 2.05 bits per heavy atom. The minimum atomic E-state index is 0.0257. The molecule has 0 aliphatic carbocycles. The zero-order valence-corrected chi connectivity index (χ0v) is 12.3. The number of nitrogens with zero attached hydrogens (tertiary/aromatic N) is 1. The molecule has 2 aromatic rings. The molecule has 1 heterocycles. The van der Waals surface area contributed by atoms with E-state index in [1.165, 1.54) is 4.88 Å². The van der Waals surface area contributed by atoms with E-state index in [1.54, 1.807) is 17.4 Å². The Hall–Kier alpha value is -2.07. The van der Waals surface area contributed by atoms with Gasteiger partial charge in [-0.2, -0.15) is 0 Å². The van der Waals surface area contributed by atoms with Gasteiger partial charge in [-0.25, -0.2) is 0 Å². The van der Waals surface area contributed by atoms with Crippen LogP contribution in [0.1, 0.15) is 17.4 Å². The Morgan fingerprint density at radius 3 is 2.65 bits per heavy atom. The maximum absolute atomic E-state index is 12.2. The van der Waals surface area contributed by atoms with E-state index in [0.29, 0.717) is 13.1 Å². The summed E-state index contributed by atoms with van der Waals surface area (Å²) in [6.07, 6.45) is 3.43. The van der Waals surface area contributed by atoms with Crippen LogP contribution in [0.4, 0.5) is 5.69 Å². The van der Waals surface area contributed by atoms with E-state index in [9.17, 15) is 4.79 Å². The first-order valence-electron chi connectivity index (χ1n) is 6.54. The maximum Gasteiger partial charge on any atom is 0.246 e. The fraction of sp³-hybridized carbons (Fsp3) is 0.188. The van der Waals surface area contributed by atoms with Crippen LogP contribution in [0.15, 0.2) is 47.9 Å². The van der Waals surface area contributed by atoms with Crippen LogP contribution in [0.2, 0.25) is 0 Å². The molecular formula is C16H18N2OS. The standard InChI is InChI=1S/C16H18N2OS/c1-2-18(12-15-4-3-11-20-15)16(19)10-7-13-5-8-14(17)9-6-13/h3-11H,2,12,17H2,1H3/b10-7+. The molecule has 0 fully saturated rings.